The summed E-state index contributed by atoms with van der Waals surface area (Å²) in [5.41, 5.74) is 1.34. The van der Waals surface area contributed by atoms with Gasteiger partial charge in [-0.15, -0.1) is 0 Å². The molecule has 19 heavy (non-hydrogen) atoms. The molecule has 0 aliphatic rings. The summed E-state index contributed by atoms with van der Waals surface area (Å²) >= 11 is 5.85. The second-order valence-corrected chi connectivity index (χ2v) is 4.16. The van der Waals surface area contributed by atoms with Crippen LogP contribution in [0.15, 0.2) is 42.7 Å². The summed E-state index contributed by atoms with van der Waals surface area (Å²) in [4.78, 5) is 3.95. The monoisotopic (exact) mass is 284 g/mol. The molecule has 2 aromatic rings. The van der Waals surface area contributed by atoms with Gasteiger partial charge in [-0.25, -0.2) is 0 Å². The van der Waals surface area contributed by atoms with Gasteiger partial charge in [0.05, 0.1) is 5.69 Å². The predicted molar refractivity (Wildman–Crippen MR) is 69.6 cm³/mol. The molecule has 3 nitrogen and oxygen atoms in total. The van der Waals surface area contributed by atoms with Crippen molar-refractivity contribution in [1.29, 1.82) is 0 Å². The first-order valence-electron chi connectivity index (χ1n) is 5.52. The Morgan fingerprint density at radius 2 is 2.16 bits per heavy atom. The van der Waals surface area contributed by atoms with E-state index in [4.69, 9.17) is 11.6 Å². The fraction of sp³-hybridized carbons (Fsp3) is 0.154. The summed E-state index contributed by atoms with van der Waals surface area (Å²) in [7, 11) is 0. The highest BCUT2D eigenvalue weighted by molar-refractivity contribution is 6.30. The molecule has 0 aliphatic heterocycles. The summed E-state index contributed by atoms with van der Waals surface area (Å²) in [6.07, 6.45) is 3.29. The van der Waals surface area contributed by atoms with Gasteiger partial charge in [-0.2, -0.15) is 8.78 Å². The average Bonchev–Trinajstić information content (AvgIpc) is 2.40. The van der Waals surface area contributed by atoms with E-state index in [1.165, 1.54) is 12.1 Å². The minimum absolute atomic E-state index is 0.107. The van der Waals surface area contributed by atoms with E-state index in [1.54, 1.807) is 24.5 Å². The quantitative estimate of drug-likeness (QED) is 0.903. The average molecular weight is 285 g/mol. The maximum absolute atomic E-state index is 12.3. The molecule has 0 bridgehead atoms. The van der Waals surface area contributed by atoms with E-state index in [9.17, 15) is 8.78 Å². The molecule has 0 radical (unpaired) electrons. The maximum atomic E-state index is 12.3. The molecule has 0 amide bonds. The van der Waals surface area contributed by atoms with Crippen LogP contribution in [-0.2, 0) is 6.54 Å². The van der Waals surface area contributed by atoms with Crippen molar-refractivity contribution in [2.45, 2.75) is 13.2 Å². The highest BCUT2D eigenvalue weighted by Gasteiger charge is 2.10. The maximum Gasteiger partial charge on any atom is 0.387 e. The molecular weight excluding hydrogens is 274 g/mol. The van der Waals surface area contributed by atoms with Crippen molar-refractivity contribution in [3.63, 3.8) is 0 Å². The number of anilines is 1. The second-order valence-electron chi connectivity index (χ2n) is 3.73. The van der Waals surface area contributed by atoms with Crippen molar-refractivity contribution in [1.82, 2.24) is 4.98 Å². The molecule has 0 aliphatic carbocycles. The smallest absolute Gasteiger partial charge is 0.387 e. The first kappa shape index (κ1) is 13.5. The SMILES string of the molecule is FC(F)Oc1ccc(Cl)cc1CNc1cccnc1. The summed E-state index contributed by atoms with van der Waals surface area (Å²) in [5, 5.41) is 3.52. The Kier molecular flexibility index (Phi) is 4.52. The molecule has 6 heteroatoms. The topological polar surface area (TPSA) is 34.1 Å². The Morgan fingerprint density at radius 1 is 1.32 bits per heavy atom. The number of halogens is 3. The molecule has 0 saturated carbocycles. The van der Waals surface area contributed by atoms with Crippen LogP contribution in [0.5, 0.6) is 5.75 Å². The van der Waals surface area contributed by atoms with Crippen LogP contribution in [0.4, 0.5) is 14.5 Å². The van der Waals surface area contributed by atoms with E-state index in [1.807, 2.05) is 6.07 Å². The number of alkyl halides is 2. The zero-order valence-corrected chi connectivity index (χ0v) is 10.6. The zero-order chi connectivity index (χ0) is 13.7. The van der Waals surface area contributed by atoms with Crippen LogP contribution in [-0.4, -0.2) is 11.6 Å². The molecule has 2 rings (SSSR count). The minimum atomic E-state index is -2.86. The van der Waals surface area contributed by atoms with Crippen LogP contribution >= 0.6 is 11.6 Å². The minimum Gasteiger partial charge on any atom is -0.434 e. The largest absolute Gasteiger partial charge is 0.434 e. The van der Waals surface area contributed by atoms with E-state index in [0.29, 0.717) is 17.1 Å². The van der Waals surface area contributed by atoms with Crippen LogP contribution in [0.3, 0.4) is 0 Å². The molecule has 0 spiro atoms. The Labute approximate surface area is 114 Å². The highest BCUT2D eigenvalue weighted by atomic mass is 35.5. The number of benzene rings is 1. The zero-order valence-electron chi connectivity index (χ0n) is 9.82. The van der Waals surface area contributed by atoms with Crippen LogP contribution in [0, 0.1) is 0 Å². The summed E-state index contributed by atoms with van der Waals surface area (Å²) in [6.45, 7) is -2.55. The molecule has 1 N–H and O–H groups in total. The van der Waals surface area contributed by atoms with Gasteiger partial charge >= 0.3 is 6.61 Å². The van der Waals surface area contributed by atoms with Gasteiger partial charge in [0.1, 0.15) is 5.75 Å². The molecular formula is C13H11ClF2N2O. The van der Waals surface area contributed by atoms with Crippen molar-refractivity contribution in [3.05, 3.63) is 53.3 Å². The molecule has 1 aromatic heterocycles. The van der Waals surface area contributed by atoms with Gasteiger partial charge in [-0.1, -0.05) is 11.6 Å². The lowest BCUT2D eigenvalue weighted by molar-refractivity contribution is -0.0504. The molecule has 100 valence electrons. The molecule has 1 heterocycles. The van der Waals surface area contributed by atoms with E-state index >= 15 is 0 Å². The van der Waals surface area contributed by atoms with Crippen molar-refractivity contribution in [2.75, 3.05) is 5.32 Å². The third-order valence-electron chi connectivity index (χ3n) is 2.38. The Bertz CT molecular complexity index is 537. The number of pyridine rings is 1. The van der Waals surface area contributed by atoms with Gasteiger partial charge in [-0.3, -0.25) is 4.98 Å². The van der Waals surface area contributed by atoms with Gasteiger partial charge in [0.2, 0.25) is 0 Å². The Balaban J connectivity index is 2.12. The van der Waals surface area contributed by atoms with E-state index in [2.05, 4.69) is 15.0 Å². The van der Waals surface area contributed by atoms with Crippen molar-refractivity contribution in [2.24, 2.45) is 0 Å². The Morgan fingerprint density at radius 3 is 2.84 bits per heavy atom. The summed E-state index contributed by atoms with van der Waals surface area (Å²) in [5.74, 6) is 0.107. The number of rotatable bonds is 5. The molecule has 0 unspecified atom stereocenters. The number of aromatic nitrogens is 1. The lowest BCUT2D eigenvalue weighted by atomic mass is 10.2. The number of hydrogen-bond acceptors (Lipinski definition) is 3. The van der Waals surface area contributed by atoms with Crippen LogP contribution in [0.25, 0.3) is 0 Å². The lowest BCUT2D eigenvalue weighted by Crippen LogP contribution is -2.07. The van der Waals surface area contributed by atoms with Gasteiger partial charge in [0.15, 0.2) is 0 Å². The third kappa shape index (κ3) is 4.06. The van der Waals surface area contributed by atoms with Gasteiger partial charge in [0, 0.05) is 29.5 Å². The van der Waals surface area contributed by atoms with Crippen molar-refractivity contribution < 1.29 is 13.5 Å². The fourth-order valence-corrected chi connectivity index (χ4v) is 1.76. The van der Waals surface area contributed by atoms with Gasteiger partial charge in [-0.05, 0) is 30.3 Å². The summed E-state index contributed by atoms with van der Waals surface area (Å²) < 4.78 is 29.0. The molecule has 1 aromatic carbocycles. The highest BCUT2D eigenvalue weighted by Crippen LogP contribution is 2.25. The van der Waals surface area contributed by atoms with Crippen molar-refractivity contribution in [3.8, 4) is 5.75 Å². The van der Waals surface area contributed by atoms with Gasteiger partial charge < -0.3 is 10.1 Å². The molecule has 0 fully saturated rings. The second kappa shape index (κ2) is 6.33. The van der Waals surface area contributed by atoms with E-state index in [0.717, 1.165) is 5.69 Å². The van der Waals surface area contributed by atoms with Crippen molar-refractivity contribution >= 4 is 17.3 Å². The summed E-state index contributed by atoms with van der Waals surface area (Å²) in [6, 6.07) is 8.12. The predicted octanol–water partition coefficient (Wildman–Crippen LogP) is 3.95. The van der Waals surface area contributed by atoms with Gasteiger partial charge in [0.25, 0.3) is 0 Å². The molecule has 0 atom stereocenters. The Hall–Kier alpha value is -1.88. The number of hydrogen-bond donors (Lipinski definition) is 1. The first-order chi connectivity index (χ1) is 9.15. The van der Waals surface area contributed by atoms with E-state index in [-0.39, 0.29) is 5.75 Å². The normalized spacial score (nSPS) is 10.5. The standard InChI is InChI=1S/C13H11ClF2N2O/c14-10-3-4-12(19-13(15)16)9(6-10)7-18-11-2-1-5-17-8-11/h1-6,8,13,18H,7H2. The number of ether oxygens (including phenoxy) is 1. The van der Waals surface area contributed by atoms with Crippen LogP contribution in [0.1, 0.15) is 5.56 Å². The fourth-order valence-electron chi connectivity index (χ4n) is 1.56. The van der Waals surface area contributed by atoms with Crippen LogP contribution < -0.4 is 10.1 Å². The number of nitrogens with one attached hydrogen (secondary N) is 1. The number of nitrogens with zero attached hydrogens (tertiary/aromatic N) is 1. The molecule has 0 saturated heterocycles. The first-order valence-corrected chi connectivity index (χ1v) is 5.90. The van der Waals surface area contributed by atoms with Crippen LogP contribution in [0.2, 0.25) is 5.02 Å². The third-order valence-corrected chi connectivity index (χ3v) is 2.62. The lowest BCUT2D eigenvalue weighted by Gasteiger charge is -2.12. The van der Waals surface area contributed by atoms with E-state index < -0.39 is 6.61 Å².